The van der Waals surface area contributed by atoms with Crippen LogP contribution in [0.25, 0.3) is 0 Å². The van der Waals surface area contributed by atoms with Crippen molar-refractivity contribution >= 4 is 11.6 Å². The number of carbonyl (C=O) groups is 1. The molecule has 0 radical (unpaired) electrons. The molecule has 1 aromatic heterocycles. The van der Waals surface area contributed by atoms with Gasteiger partial charge < -0.3 is 5.32 Å². The lowest BCUT2D eigenvalue weighted by Crippen LogP contribution is -2.13. The van der Waals surface area contributed by atoms with E-state index in [0.29, 0.717) is 5.69 Å². The first-order chi connectivity index (χ1) is 7.75. The summed E-state index contributed by atoms with van der Waals surface area (Å²) in [7, 11) is 0. The first-order valence-electron chi connectivity index (χ1n) is 4.75. The first-order valence-corrected chi connectivity index (χ1v) is 4.75. The van der Waals surface area contributed by atoms with E-state index in [9.17, 15) is 9.18 Å². The Morgan fingerprint density at radius 1 is 1.06 bits per heavy atom. The van der Waals surface area contributed by atoms with E-state index in [2.05, 4.69) is 10.3 Å². The Bertz CT molecular complexity index is 499. The lowest BCUT2D eigenvalue weighted by Gasteiger charge is -2.03. The van der Waals surface area contributed by atoms with Crippen LogP contribution in [-0.2, 0) is 0 Å². The number of halogens is 1. The fraction of sp³-hybridized carbons (Fsp3) is 0. The molecule has 4 heteroatoms. The quantitative estimate of drug-likeness (QED) is 0.783. The smallest absolute Gasteiger partial charge is 0.274 e. The molecule has 1 N–H and O–H groups in total. The van der Waals surface area contributed by atoms with Gasteiger partial charge in [-0.05, 0) is 24.3 Å². The molecule has 1 aromatic carbocycles. The highest BCUT2D eigenvalue weighted by molar-refractivity contribution is 6.02. The van der Waals surface area contributed by atoms with Crippen molar-refractivity contribution < 1.29 is 9.18 Å². The number of pyridine rings is 1. The molecule has 1 heterocycles. The molecule has 1 amide bonds. The van der Waals surface area contributed by atoms with Gasteiger partial charge in [0.15, 0.2) is 0 Å². The summed E-state index contributed by atoms with van der Waals surface area (Å²) in [4.78, 5) is 15.1. The van der Waals surface area contributed by atoms with Gasteiger partial charge in [-0.25, -0.2) is 4.98 Å². The Labute approximate surface area is 92.0 Å². The van der Waals surface area contributed by atoms with Crippen LogP contribution in [0.5, 0.6) is 0 Å². The zero-order valence-electron chi connectivity index (χ0n) is 8.35. The Hall–Kier alpha value is -2.23. The molecule has 80 valence electrons. The molecular weight excluding hydrogens is 207 g/mol. The fourth-order valence-electron chi connectivity index (χ4n) is 1.25. The number of rotatable bonds is 2. The number of aromatic nitrogens is 1. The second kappa shape index (κ2) is 4.53. The predicted molar refractivity (Wildman–Crippen MR) is 58.6 cm³/mol. The summed E-state index contributed by atoms with van der Waals surface area (Å²) in [5, 5.41) is 2.62. The third-order valence-electron chi connectivity index (χ3n) is 1.98. The predicted octanol–water partition coefficient (Wildman–Crippen LogP) is 2.47. The lowest BCUT2D eigenvalue weighted by molar-refractivity contribution is 0.102. The van der Waals surface area contributed by atoms with Crippen molar-refractivity contribution in [1.29, 1.82) is 0 Å². The Morgan fingerprint density at radius 3 is 2.50 bits per heavy atom. The van der Waals surface area contributed by atoms with Crippen LogP contribution in [-0.4, -0.2) is 10.9 Å². The van der Waals surface area contributed by atoms with Crippen LogP contribution in [0.15, 0.2) is 48.5 Å². The molecule has 0 unspecified atom stereocenters. The summed E-state index contributed by atoms with van der Waals surface area (Å²) < 4.78 is 12.8. The van der Waals surface area contributed by atoms with Crippen molar-refractivity contribution in [3.63, 3.8) is 0 Å². The Morgan fingerprint density at radius 2 is 1.81 bits per heavy atom. The molecule has 0 aliphatic carbocycles. The average molecular weight is 216 g/mol. The standard InChI is InChI=1S/C12H9FN2O/c13-11-8-4-7-10(15-11)12(16)14-9-5-2-1-3-6-9/h1-8H,(H,14,16). The van der Waals surface area contributed by atoms with Gasteiger partial charge in [0.25, 0.3) is 5.91 Å². The SMILES string of the molecule is O=C(Nc1ccccc1)c1cccc(F)n1. The minimum absolute atomic E-state index is 0.0591. The molecule has 16 heavy (non-hydrogen) atoms. The van der Waals surface area contributed by atoms with Gasteiger partial charge in [-0.1, -0.05) is 24.3 Å². The summed E-state index contributed by atoms with van der Waals surface area (Å²) in [6.45, 7) is 0. The van der Waals surface area contributed by atoms with Crippen molar-refractivity contribution in [2.45, 2.75) is 0 Å². The maximum absolute atomic E-state index is 12.8. The molecule has 0 fully saturated rings. The number of benzene rings is 1. The molecule has 0 spiro atoms. The van der Waals surface area contributed by atoms with Crippen molar-refractivity contribution in [2.24, 2.45) is 0 Å². The van der Waals surface area contributed by atoms with E-state index >= 15 is 0 Å². The van der Waals surface area contributed by atoms with Crippen molar-refractivity contribution in [3.8, 4) is 0 Å². The highest BCUT2D eigenvalue weighted by Gasteiger charge is 2.07. The molecule has 0 aliphatic heterocycles. The lowest BCUT2D eigenvalue weighted by atomic mass is 10.3. The molecular formula is C12H9FN2O. The van der Waals surface area contributed by atoms with Gasteiger partial charge in [-0.2, -0.15) is 4.39 Å². The number of anilines is 1. The average Bonchev–Trinajstić information content (AvgIpc) is 2.30. The molecule has 0 bridgehead atoms. The van der Waals surface area contributed by atoms with Crippen molar-refractivity contribution in [2.75, 3.05) is 5.32 Å². The van der Waals surface area contributed by atoms with Gasteiger partial charge in [0.2, 0.25) is 5.95 Å². The van der Waals surface area contributed by atoms with Crippen LogP contribution in [0.1, 0.15) is 10.5 Å². The maximum Gasteiger partial charge on any atom is 0.274 e. The number of nitrogens with one attached hydrogen (secondary N) is 1. The highest BCUT2D eigenvalue weighted by Crippen LogP contribution is 2.07. The van der Waals surface area contributed by atoms with E-state index < -0.39 is 11.9 Å². The van der Waals surface area contributed by atoms with Gasteiger partial charge in [-0.15, -0.1) is 0 Å². The third-order valence-corrected chi connectivity index (χ3v) is 1.98. The fourth-order valence-corrected chi connectivity index (χ4v) is 1.25. The Balaban J connectivity index is 2.15. The number of amides is 1. The summed E-state index contributed by atoms with van der Waals surface area (Å²) in [5.41, 5.74) is 0.711. The number of carbonyl (C=O) groups excluding carboxylic acids is 1. The van der Waals surface area contributed by atoms with E-state index in [4.69, 9.17) is 0 Å². The largest absolute Gasteiger partial charge is 0.321 e. The van der Waals surface area contributed by atoms with Gasteiger partial charge in [0.1, 0.15) is 5.69 Å². The second-order valence-electron chi connectivity index (χ2n) is 3.17. The second-order valence-corrected chi connectivity index (χ2v) is 3.17. The van der Waals surface area contributed by atoms with Crippen LogP contribution in [0.4, 0.5) is 10.1 Å². The summed E-state index contributed by atoms with van der Waals surface area (Å²) in [5.74, 6) is -1.09. The third kappa shape index (κ3) is 2.42. The normalized spacial score (nSPS) is 9.81. The molecule has 0 saturated heterocycles. The zero-order chi connectivity index (χ0) is 11.4. The van der Waals surface area contributed by atoms with Crippen LogP contribution in [0.2, 0.25) is 0 Å². The minimum atomic E-state index is -0.666. The van der Waals surface area contributed by atoms with Crippen molar-refractivity contribution in [3.05, 3.63) is 60.2 Å². The topological polar surface area (TPSA) is 42.0 Å². The van der Waals surface area contributed by atoms with Gasteiger partial charge >= 0.3 is 0 Å². The van der Waals surface area contributed by atoms with E-state index in [-0.39, 0.29) is 5.69 Å². The Kier molecular flexibility index (Phi) is 2.91. The number of para-hydroxylation sites is 1. The van der Waals surface area contributed by atoms with Gasteiger partial charge in [0.05, 0.1) is 0 Å². The first kappa shape index (κ1) is 10.3. The van der Waals surface area contributed by atoms with Gasteiger partial charge in [0, 0.05) is 5.69 Å². The van der Waals surface area contributed by atoms with E-state index in [1.807, 2.05) is 6.07 Å². The van der Waals surface area contributed by atoms with E-state index in [1.54, 1.807) is 24.3 Å². The summed E-state index contributed by atoms with van der Waals surface area (Å²) in [6.07, 6.45) is 0. The number of hydrogen-bond acceptors (Lipinski definition) is 2. The van der Waals surface area contributed by atoms with E-state index in [1.165, 1.54) is 18.2 Å². The van der Waals surface area contributed by atoms with Crippen molar-refractivity contribution in [1.82, 2.24) is 4.98 Å². The monoisotopic (exact) mass is 216 g/mol. The number of nitrogens with zero attached hydrogens (tertiary/aromatic N) is 1. The molecule has 2 aromatic rings. The summed E-state index contributed by atoms with van der Waals surface area (Å²) in [6, 6.07) is 13.0. The van der Waals surface area contributed by atoms with Crippen LogP contribution < -0.4 is 5.32 Å². The van der Waals surface area contributed by atoms with Crippen LogP contribution in [0.3, 0.4) is 0 Å². The molecule has 2 rings (SSSR count). The van der Waals surface area contributed by atoms with Crippen LogP contribution >= 0.6 is 0 Å². The maximum atomic E-state index is 12.8. The minimum Gasteiger partial charge on any atom is -0.321 e. The molecule has 0 saturated carbocycles. The highest BCUT2D eigenvalue weighted by atomic mass is 19.1. The van der Waals surface area contributed by atoms with Gasteiger partial charge in [-0.3, -0.25) is 4.79 Å². The zero-order valence-corrected chi connectivity index (χ0v) is 8.35. The molecule has 3 nitrogen and oxygen atoms in total. The summed E-state index contributed by atoms with van der Waals surface area (Å²) >= 11 is 0. The number of hydrogen-bond donors (Lipinski definition) is 1. The molecule has 0 aliphatic rings. The molecule has 0 atom stereocenters. The van der Waals surface area contributed by atoms with E-state index in [0.717, 1.165) is 0 Å². The van der Waals surface area contributed by atoms with Crippen LogP contribution in [0, 0.1) is 5.95 Å².